The maximum absolute atomic E-state index is 11.7. The van der Waals surface area contributed by atoms with Gasteiger partial charge >= 0.3 is 0 Å². The molecule has 0 unspecified atom stereocenters. The number of primary amides is 1. The normalized spacial score (nSPS) is 10.4. The molecule has 0 radical (unpaired) electrons. The molecular weight excluding hydrogens is 298 g/mol. The number of nitrogens with zero attached hydrogens (tertiary/aromatic N) is 1. The van der Waals surface area contributed by atoms with Crippen LogP contribution in [0.4, 0.5) is 5.69 Å². The van der Waals surface area contributed by atoms with Crippen molar-refractivity contribution in [1.29, 1.82) is 0 Å². The molecule has 0 heterocycles. The van der Waals surface area contributed by atoms with E-state index in [1.165, 1.54) is 0 Å². The summed E-state index contributed by atoms with van der Waals surface area (Å²) in [6, 6.07) is 5.60. The molecule has 0 fully saturated rings. The van der Waals surface area contributed by atoms with Crippen molar-refractivity contribution in [3.8, 4) is 0 Å². The number of hydrogen-bond acceptors (Lipinski definition) is 3. The van der Waals surface area contributed by atoms with Gasteiger partial charge in [0.05, 0.1) is 13.1 Å². The lowest BCUT2D eigenvalue weighted by Gasteiger charge is -2.15. The molecule has 18 heavy (non-hydrogen) atoms. The molecule has 0 saturated heterocycles. The molecule has 1 aromatic rings. The van der Waals surface area contributed by atoms with Crippen molar-refractivity contribution < 1.29 is 9.59 Å². The summed E-state index contributed by atoms with van der Waals surface area (Å²) in [6.07, 6.45) is 0. The second-order valence-electron chi connectivity index (χ2n) is 4.15. The highest BCUT2D eigenvalue weighted by Gasteiger charge is 2.09. The Bertz CT molecular complexity index is 463. The molecule has 0 saturated carbocycles. The van der Waals surface area contributed by atoms with Crippen molar-refractivity contribution in [1.82, 2.24) is 4.90 Å². The SMILES string of the molecule is Cc1cc(Br)ccc1NC(=O)CN(C)CC(N)=O. The number of carbonyl (C=O) groups excluding carboxylic acids is 2. The number of amides is 2. The van der Waals surface area contributed by atoms with E-state index >= 15 is 0 Å². The van der Waals surface area contributed by atoms with E-state index in [-0.39, 0.29) is 19.0 Å². The zero-order valence-electron chi connectivity index (χ0n) is 10.4. The van der Waals surface area contributed by atoms with E-state index in [0.717, 1.165) is 15.7 Å². The molecule has 98 valence electrons. The quantitative estimate of drug-likeness (QED) is 0.855. The third-order valence-electron chi connectivity index (χ3n) is 2.30. The summed E-state index contributed by atoms with van der Waals surface area (Å²) in [5, 5.41) is 2.79. The van der Waals surface area contributed by atoms with Crippen LogP contribution in [-0.2, 0) is 9.59 Å². The average molecular weight is 314 g/mol. The number of anilines is 1. The van der Waals surface area contributed by atoms with Crippen LogP contribution in [-0.4, -0.2) is 36.9 Å². The number of likely N-dealkylation sites (N-methyl/N-ethyl adjacent to an activating group) is 1. The van der Waals surface area contributed by atoms with Crippen molar-refractivity contribution in [2.75, 3.05) is 25.5 Å². The van der Waals surface area contributed by atoms with Crippen LogP contribution in [0, 0.1) is 6.92 Å². The number of nitrogens with two attached hydrogens (primary N) is 1. The van der Waals surface area contributed by atoms with Gasteiger partial charge in [-0.3, -0.25) is 14.5 Å². The highest BCUT2D eigenvalue weighted by molar-refractivity contribution is 9.10. The Kier molecular flexibility index (Phi) is 5.30. The Balaban J connectivity index is 2.56. The number of carbonyl (C=O) groups is 2. The van der Waals surface area contributed by atoms with E-state index in [0.29, 0.717) is 0 Å². The fraction of sp³-hybridized carbons (Fsp3) is 0.333. The summed E-state index contributed by atoms with van der Waals surface area (Å²) in [5.41, 5.74) is 6.77. The number of halogens is 1. The lowest BCUT2D eigenvalue weighted by Crippen LogP contribution is -2.36. The van der Waals surface area contributed by atoms with E-state index < -0.39 is 5.91 Å². The number of rotatable bonds is 5. The van der Waals surface area contributed by atoms with Gasteiger partial charge in [-0.2, -0.15) is 0 Å². The monoisotopic (exact) mass is 313 g/mol. The number of nitrogens with one attached hydrogen (secondary N) is 1. The molecule has 0 atom stereocenters. The molecule has 5 nitrogen and oxygen atoms in total. The first-order valence-electron chi connectivity index (χ1n) is 5.41. The minimum absolute atomic E-state index is 0.0622. The van der Waals surface area contributed by atoms with Gasteiger partial charge in [-0.05, 0) is 37.7 Å². The van der Waals surface area contributed by atoms with Gasteiger partial charge in [-0.25, -0.2) is 0 Å². The molecule has 6 heteroatoms. The maximum atomic E-state index is 11.7. The standard InChI is InChI=1S/C12H16BrN3O2/c1-8-5-9(13)3-4-10(8)15-12(18)7-16(2)6-11(14)17/h3-5H,6-7H2,1-2H3,(H2,14,17)(H,15,18). The molecule has 3 N–H and O–H groups in total. The molecule has 0 spiro atoms. The van der Waals surface area contributed by atoms with E-state index in [1.54, 1.807) is 11.9 Å². The van der Waals surface area contributed by atoms with Gasteiger partial charge in [-0.15, -0.1) is 0 Å². The highest BCUT2D eigenvalue weighted by atomic mass is 79.9. The summed E-state index contributed by atoms with van der Waals surface area (Å²) < 4.78 is 0.962. The lowest BCUT2D eigenvalue weighted by atomic mass is 10.2. The smallest absolute Gasteiger partial charge is 0.238 e. The summed E-state index contributed by atoms with van der Waals surface area (Å²) in [7, 11) is 1.67. The molecule has 0 bridgehead atoms. The number of benzene rings is 1. The molecule has 2 amide bonds. The molecule has 0 aromatic heterocycles. The van der Waals surface area contributed by atoms with Crippen molar-refractivity contribution in [2.24, 2.45) is 5.73 Å². The molecule has 0 aliphatic rings. The highest BCUT2D eigenvalue weighted by Crippen LogP contribution is 2.19. The third kappa shape index (κ3) is 4.85. The van der Waals surface area contributed by atoms with E-state index in [2.05, 4.69) is 21.2 Å². The summed E-state index contributed by atoms with van der Waals surface area (Å²) in [5.74, 6) is -0.630. The topological polar surface area (TPSA) is 75.4 Å². The fourth-order valence-electron chi connectivity index (χ4n) is 1.52. The number of hydrogen-bond donors (Lipinski definition) is 2. The van der Waals surface area contributed by atoms with E-state index in [1.807, 2.05) is 25.1 Å². The Morgan fingerprint density at radius 1 is 1.39 bits per heavy atom. The molecular formula is C12H16BrN3O2. The first-order chi connectivity index (χ1) is 8.38. The predicted molar refractivity (Wildman–Crippen MR) is 74.2 cm³/mol. The van der Waals surface area contributed by atoms with E-state index in [4.69, 9.17) is 5.73 Å². The third-order valence-corrected chi connectivity index (χ3v) is 2.80. The van der Waals surface area contributed by atoms with Crippen molar-refractivity contribution in [2.45, 2.75) is 6.92 Å². The van der Waals surface area contributed by atoms with Gasteiger partial charge in [0.15, 0.2) is 0 Å². The maximum Gasteiger partial charge on any atom is 0.238 e. The van der Waals surface area contributed by atoms with Gasteiger partial charge in [0, 0.05) is 10.2 Å². The van der Waals surface area contributed by atoms with Crippen LogP contribution in [0.2, 0.25) is 0 Å². The van der Waals surface area contributed by atoms with Crippen molar-refractivity contribution in [3.63, 3.8) is 0 Å². The summed E-state index contributed by atoms with van der Waals surface area (Å²) in [4.78, 5) is 24.0. The molecule has 0 aliphatic heterocycles. The van der Waals surface area contributed by atoms with Crippen LogP contribution in [0.5, 0.6) is 0 Å². The largest absolute Gasteiger partial charge is 0.369 e. The predicted octanol–water partition coefficient (Wildman–Crippen LogP) is 1.11. The van der Waals surface area contributed by atoms with Crippen LogP contribution < -0.4 is 11.1 Å². The first-order valence-corrected chi connectivity index (χ1v) is 6.20. The first kappa shape index (κ1) is 14.7. The van der Waals surface area contributed by atoms with Crippen LogP contribution >= 0.6 is 15.9 Å². The van der Waals surface area contributed by atoms with E-state index in [9.17, 15) is 9.59 Å². The molecule has 1 rings (SSSR count). The summed E-state index contributed by atoms with van der Waals surface area (Å²) >= 11 is 3.36. The summed E-state index contributed by atoms with van der Waals surface area (Å²) in [6.45, 7) is 2.10. The van der Waals surface area contributed by atoms with Gasteiger partial charge in [0.2, 0.25) is 11.8 Å². The van der Waals surface area contributed by atoms with Gasteiger partial charge in [0.1, 0.15) is 0 Å². The average Bonchev–Trinajstić information content (AvgIpc) is 2.20. The lowest BCUT2D eigenvalue weighted by molar-refractivity contribution is -0.120. The van der Waals surface area contributed by atoms with Gasteiger partial charge < -0.3 is 11.1 Å². The fourth-order valence-corrected chi connectivity index (χ4v) is 2.00. The Morgan fingerprint density at radius 3 is 2.61 bits per heavy atom. The van der Waals surface area contributed by atoms with Gasteiger partial charge in [-0.1, -0.05) is 15.9 Å². The second kappa shape index (κ2) is 6.51. The minimum atomic E-state index is -0.454. The Morgan fingerprint density at radius 2 is 2.06 bits per heavy atom. The Labute approximate surface area is 114 Å². The zero-order valence-corrected chi connectivity index (χ0v) is 12.0. The zero-order chi connectivity index (χ0) is 13.7. The second-order valence-corrected chi connectivity index (χ2v) is 5.06. The Hall–Kier alpha value is -1.40. The van der Waals surface area contributed by atoms with Crippen LogP contribution in [0.25, 0.3) is 0 Å². The van der Waals surface area contributed by atoms with Crippen LogP contribution in [0.1, 0.15) is 5.56 Å². The van der Waals surface area contributed by atoms with Crippen molar-refractivity contribution >= 4 is 33.4 Å². The number of aryl methyl sites for hydroxylation is 1. The molecule has 0 aliphatic carbocycles. The minimum Gasteiger partial charge on any atom is -0.369 e. The van der Waals surface area contributed by atoms with Crippen molar-refractivity contribution in [3.05, 3.63) is 28.2 Å². The van der Waals surface area contributed by atoms with Gasteiger partial charge in [0.25, 0.3) is 0 Å². The van der Waals surface area contributed by atoms with Crippen LogP contribution in [0.3, 0.4) is 0 Å². The molecule has 1 aromatic carbocycles. The van der Waals surface area contributed by atoms with Crippen LogP contribution in [0.15, 0.2) is 22.7 Å².